The fourth-order valence-electron chi connectivity index (χ4n) is 3.42. The van der Waals surface area contributed by atoms with E-state index in [1.165, 1.54) is 29.7 Å². The van der Waals surface area contributed by atoms with Crippen LogP contribution in [0.4, 0.5) is 0 Å². The lowest BCUT2D eigenvalue weighted by Crippen LogP contribution is -2.36. The zero-order valence-electron chi connectivity index (χ0n) is 15.6. The third kappa shape index (κ3) is 5.40. The first-order valence-corrected chi connectivity index (χ1v) is 10.3. The van der Waals surface area contributed by atoms with E-state index in [0.717, 1.165) is 23.7 Å². The molecule has 6 heteroatoms. The normalized spacial score (nSPS) is 15.4. The summed E-state index contributed by atoms with van der Waals surface area (Å²) >= 11 is 1.42. The zero-order chi connectivity index (χ0) is 19.1. The Morgan fingerprint density at radius 3 is 2.52 bits per heavy atom. The molecule has 1 aromatic heterocycles. The van der Waals surface area contributed by atoms with Crippen LogP contribution in [0.1, 0.15) is 47.0 Å². The predicted octanol–water partition coefficient (Wildman–Crippen LogP) is 3.67. The Hall–Kier alpha value is -2.18. The van der Waals surface area contributed by atoms with E-state index in [9.17, 15) is 9.59 Å². The predicted molar refractivity (Wildman–Crippen MR) is 107 cm³/mol. The fourth-order valence-corrected chi connectivity index (χ4v) is 4.12. The number of nitrogens with zero attached hydrogens (tertiary/aromatic N) is 1. The van der Waals surface area contributed by atoms with Gasteiger partial charge in [-0.3, -0.25) is 14.5 Å². The van der Waals surface area contributed by atoms with Crippen molar-refractivity contribution in [2.45, 2.75) is 31.7 Å². The minimum atomic E-state index is -0.0717. The Morgan fingerprint density at radius 2 is 1.89 bits per heavy atom. The number of hydrogen-bond acceptors (Lipinski definition) is 5. The molecule has 0 aliphatic carbocycles. The maximum absolute atomic E-state index is 12.3. The summed E-state index contributed by atoms with van der Waals surface area (Å²) in [6, 6.07) is 11.9. The highest BCUT2D eigenvalue weighted by Crippen LogP contribution is 2.26. The van der Waals surface area contributed by atoms with Crippen LogP contribution in [0.15, 0.2) is 41.8 Å². The summed E-state index contributed by atoms with van der Waals surface area (Å²) in [7, 11) is 1.66. The number of hydrogen-bond donors (Lipinski definition) is 1. The highest BCUT2D eigenvalue weighted by Gasteiger charge is 2.24. The highest BCUT2D eigenvalue weighted by molar-refractivity contribution is 7.12. The van der Waals surface area contributed by atoms with Crippen LogP contribution < -0.4 is 10.1 Å². The van der Waals surface area contributed by atoms with Crippen molar-refractivity contribution in [2.75, 3.05) is 26.7 Å². The van der Waals surface area contributed by atoms with Crippen molar-refractivity contribution < 1.29 is 14.3 Å². The summed E-state index contributed by atoms with van der Waals surface area (Å²) in [5.41, 5.74) is 1.17. The van der Waals surface area contributed by atoms with E-state index >= 15 is 0 Å². The number of carbonyl (C=O) groups excluding carboxylic acids is 2. The van der Waals surface area contributed by atoms with Gasteiger partial charge >= 0.3 is 0 Å². The third-order valence-electron chi connectivity index (χ3n) is 4.95. The number of thiophene rings is 1. The number of Topliss-reactive ketones (excluding diaryl/α,β-unsaturated/α-hetero) is 1. The molecule has 2 heterocycles. The molecule has 1 aliphatic heterocycles. The Bertz CT molecular complexity index is 737. The van der Waals surface area contributed by atoms with E-state index in [0.29, 0.717) is 6.54 Å². The lowest BCUT2D eigenvalue weighted by molar-refractivity contribution is -0.121. The summed E-state index contributed by atoms with van der Waals surface area (Å²) < 4.78 is 5.24. The van der Waals surface area contributed by atoms with Crippen LogP contribution in [0, 0.1) is 0 Å². The minimum absolute atomic E-state index is 0.0337. The van der Waals surface area contributed by atoms with Crippen molar-refractivity contribution in [1.29, 1.82) is 0 Å². The van der Waals surface area contributed by atoms with Crippen LogP contribution in [0.5, 0.6) is 5.75 Å². The van der Waals surface area contributed by atoms with Crippen molar-refractivity contribution in [2.24, 2.45) is 0 Å². The molecule has 5 nitrogen and oxygen atoms in total. The molecule has 0 bridgehead atoms. The van der Waals surface area contributed by atoms with Crippen molar-refractivity contribution in [3.05, 3.63) is 52.2 Å². The van der Waals surface area contributed by atoms with Gasteiger partial charge in [0.2, 0.25) is 5.91 Å². The number of ketones is 1. The molecule has 1 N–H and O–H groups in total. The van der Waals surface area contributed by atoms with Crippen molar-refractivity contribution in [3.63, 3.8) is 0 Å². The number of rotatable bonds is 9. The molecule has 1 unspecified atom stereocenters. The fraction of sp³-hybridized carbons (Fsp3) is 0.429. The van der Waals surface area contributed by atoms with E-state index in [1.807, 2.05) is 23.6 Å². The average molecular weight is 387 g/mol. The summed E-state index contributed by atoms with van der Waals surface area (Å²) in [6.45, 7) is 2.64. The van der Waals surface area contributed by atoms with E-state index in [2.05, 4.69) is 22.3 Å². The van der Waals surface area contributed by atoms with Gasteiger partial charge in [-0.1, -0.05) is 18.2 Å². The number of ether oxygens (including phenoxy) is 1. The second-order valence-corrected chi connectivity index (χ2v) is 7.68. The Balaban J connectivity index is 1.55. The minimum Gasteiger partial charge on any atom is -0.497 e. The van der Waals surface area contributed by atoms with Gasteiger partial charge in [0.25, 0.3) is 0 Å². The first-order chi connectivity index (χ1) is 13.2. The molecule has 3 rings (SSSR count). The number of likely N-dealkylation sites (tertiary alicyclic amines) is 1. The molecule has 1 amide bonds. The van der Waals surface area contributed by atoms with Crippen molar-refractivity contribution in [3.8, 4) is 5.75 Å². The van der Waals surface area contributed by atoms with Gasteiger partial charge in [-0.2, -0.15) is 0 Å². The van der Waals surface area contributed by atoms with Crippen LogP contribution in [-0.2, 0) is 4.79 Å². The number of amides is 1. The first-order valence-electron chi connectivity index (χ1n) is 9.39. The van der Waals surface area contributed by atoms with E-state index in [4.69, 9.17) is 4.74 Å². The largest absolute Gasteiger partial charge is 0.497 e. The van der Waals surface area contributed by atoms with Gasteiger partial charge in [-0.05, 0) is 55.1 Å². The van der Waals surface area contributed by atoms with Gasteiger partial charge in [0.1, 0.15) is 5.75 Å². The molecule has 144 valence electrons. The number of nitrogens with one attached hydrogen (secondary N) is 1. The summed E-state index contributed by atoms with van der Waals surface area (Å²) in [5.74, 6) is 0.791. The molecule has 0 radical (unpaired) electrons. The molecular formula is C21H26N2O3S. The number of benzene rings is 1. The smallest absolute Gasteiger partial charge is 0.220 e. The molecule has 2 aromatic rings. The highest BCUT2D eigenvalue weighted by atomic mass is 32.1. The Kier molecular flexibility index (Phi) is 7.01. The van der Waals surface area contributed by atoms with Crippen LogP contribution >= 0.6 is 11.3 Å². The molecule has 1 fully saturated rings. The summed E-state index contributed by atoms with van der Waals surface area (Å²) in [6.07, 6.45) is 2.86. The van der Waals surface area contributed by atoms with Crippen LogP contribution in [0.3, 0.4) is 0 Å². The lowest BCUT2D eigenvalue weighted by Gasteiger charge is -2.28. The Morgan fingerprint density at radius 1 is 1.15 bits per heavy atom. The van der Waals surface area contributed by atoms with E-state index in [1.54, 1.807) is 13.2 Å². The van der Waals surface area contributed by atoms with Crippen LogP contribution in [-0.4, -0.2) is 43.3 Å². The van der Waals surface area contributed by atoms with E-state index < -0.39 is 0 Å². The van der Waals surface area contributed by atoms with Gasteiger partial charge in [0.15, 0.2) is 5.78 Å². The van der Waals surface area contributed by atoms with Crippen molar-refractivity contribution >= 4 is 23.0 Å². The van der Waals surface area contributed by atoms with Crippen LogP contribution in [0.25, 0.3) is 0 Å². The summed E-state index contributed by atoms with van der Waals surface area (Å²) in [5, 5.41) is 4.90. The molecule has 1 aromatic carbocycles. The lowest BCUT2D eigenvalue weighted by atomic mass is 10.0. The molecule has 27 heavy (non-hydrogen) atoms. The Labute approximate surface area is 164 Å². The topological polar surface area (TPSA) is 58.6 Å². The van der Waals surface area contributed by atoms with Gasteiger partial charge in [-0.15, -0.1) is 11.3 Å². The maximum Gasteiger partial charge on any atom is 0.220 e. The second kappa shape index (κ2) is 9.67. The molecule has 1 atom stereocenters. The molecule has 0 spiro atoms. The van der Waals surface area contributed by atoms with Gasteiger partial charge in [-0.25, -0.2) is 0 Å². The first kappa shape index (κ1) is 19.6. The zero-order valence-corrected chi connectivity index (χ0v) is 16.5. The third-order valence-corrected chi connectivity index (χ3v) is 5.86. The maximum atomic E-state index is 12.3. The second-order valence-electron chi connectivity index (χ2n) is 6.74. The van der Waals surface area contributed by atoms with Gasteiger partial charge in [0.05, 0.1) is 18.0 Å². The molecule has 1 saturated heterocycles. The van der Waals surface area contributed by atoms with Crippen molar-refractivity contribution in [1.82, 2.24) is 10.2 Å². The molecule has 0 saturated carbocycles. The quantitative estimate of drug-likeness (QED) is 0.668. The molecule has 1 aliphatic rings. The average Bonchev–Trinajstić information content (AvgIpc) is 3.41. The SMILES string of the molecule is COc1ccc(C(CNC(=O)CCC(=O)c2cccs2)N2CCCC2)cc1. The summed E-state index contributed by atoms with van der Waals surface area (Å²) in [4.78, 5) is 27.5. The molecular weight excluding hydrogens is 360 g/mol. The van der Waals surface area contributed by atoms with Crippen LogP contribution in [0.2, 0.25) is 0 Å². The monoisotopic (exact) mass is 386 g/mol. The van der Waals surface area contributed by atoms with Gasteiger partial charge in [0, 0.05) is 19.4 Å². The standard InChI is InChI=1S/C21H26N2O3S/c1-26-17-8-6-16(7-9-17)18(23-12-2-3-13-23)15-22-21(25)11-10-19(24)20-5-4-14-27-20/h4-9,14,18H,2-3,10-13,15H2,1H3,(H,22,25). The number of carbonyl (C=O) groups is 2. The van der Waals surface area contributed by atoms with Gasteiger partial charge < -0.3 is 10.1 Å². The number of methoxy groups -OCH3 is 1. The van der Waals surface area contributed by atoms with E-state index in [-0.39, 0.29) is 30.6 Å².